The second-order valence-corrected chi connectivity index (χ2v) is 10.4. The highest BCUT2D eigenvalue weighted by Crippen LogP contribution is 2.63. The summed E-state index contributed by atoms with van der Waals surface area (Å²) in [7, 11) is 0. The van der Waals surface area contributed by atoms with Gasteiger partial charge in [0.2, 0.25) is 5.91 Å². The molecule has 3 aliphatic carbocycles. The molecule has 182 valence electrons. The minimum Gasteiger partial charge on any atom is -0.391 e. The molecule has 3 aliphatic rings. The molecular formula is C24H26ClF3N4O2. The Morgan fingerprint density at radius 1 is 1.18 bits per heavy atom. The second kappa shape index (κ2) is 8.68. The zero-order valence-electron chi connectivity index (χ0n) is 18.4. The summed E-state index contributed by atoms with van der Waals surface area (Å²) in [5.41, 5.74) is -2.48. The highest BCUT2D eigenvalue weighted by atomic mass is 35.5. The topological polar surface area (TPSA) is 87.1 Å². The SMILES string of the molecule is O=C(N[C@H](c1c(F)ccc(Cl)c1F)C12CCC(F)(CC1)C2)[C@H]1C[C@@H](O)[C@@H](Nc2cccnn2)C1. The fraction of sp³-hybridized carbons (Fsp3) is 0.542. The number of carbonyl (C=O) groups is 1. The van der Waals surface area contributed by atoms with E-state index in [4.69, 9.17) is 11.6 Å². The van der Waals surface area contributed by atoms with Gasteiger partial charge in [0.05, 0.1) is 23.2 Å². The van der Waals surface area contributed by atoms with Gasteiger partial charge in [-0.15, -0.1) is 5.10 Å². The number of nitrogens with zero attached hydrogens (tertiary/aromatic N) is 2. The summed E-state index contributed by atoms with van der Waals surface area (Å²) in [4.78, 5) is 13.3. The Balaban J connectivity index is 1.39. The van der Waals surface area contributed by atoms with E-state index in [-0.39, 0.29) is 23.4 Å². The van der Waals surface area contributed by atoms with Crippen molar-refractivity contribution in [3.8, 4) is 0 Å². The van der Waals surface area contributed by atoms with Gasteiger partial charge in [0.25, 0.3) is 0 Å². The standard InChI is InChI=1S/C24H26ClF3N4O2/c25-14-3-4-15(26)19(20(14)27)21(23-5-7-24(28,12-23)8-6-23)31-22(34)13-10-16(17(33)11-13)30-18-2-1-9-29-32-18/h1-4,9,13,16-17,21,33H,5-8,10-12H2,(H,30,32)(H,31,34)/t13-,16+,17-,21-,23?,24?/m1/s1. The van der Waals surface area contributed by atoms with Crippen LogP contribution in [0, 0.1) is 23.0 Å². The third-order valence-electron chi connectivity index (χ3n) is 7.88. The summed E-state index contributed by atoms with van der Waals surface area (Å²) in [6, 6.07) is 4.13. The van der Waals surface area contributed by atoms with Crippen LogP contribution in [0.2, 0.25) is 5.02 Å². The normalized spacial score (nSPS) is 33.1. The maximum absolute atomic E-state index is 15.1. The number of hydrogen-bond acceptors (Lipinski definition) is 5. The molecule has 6 nitrogen and oxygen atoms in total. The highest BCUT2D eigenvalue weighted by molar-refractivity contribution is 6.30. The van der Waals surface area contributed by atoms with Crippen LogP contribution in [0.4, 0.5) is 19.0 Å². The monoisotopic (exact) mass is 494 g/mol. The third kappa shape index (κ3) is 4.13. The van der Waals surface area contributed by atoms with E-state index in [1.807, 2.05) is 0 Å². The quantitative estimate of drug-likeness (QED) is 0.515. The van der Waals surface area contributed by atoms with Crippen molar-refractivity contribution in [2.45, 2.75) is 68.8 Å². The molecule has 2 aromatic rings. The Hall–Kier alpha value is -2.39. The summed E-state index contributed by atoms with van der Waals surface area (Å²) in [6.07, 6.45) is 2.77. The number of rotatable bonds is 6. The lowest BCUT2D eigenvalue weighted by atomic mass is 9.74. The Morgan fingerprint density at radius 3 is 2.59 bits per heavy atom. The van der Waals surface area contributed by atoms with Gasteiger partial charge in [0, 0.05) is 17.7 Å². The van der Waals surface area contributed by atoms with E-state index < -0.39 is 52.7 Å². The predicted octanol–water partition coefficient (Wildman–Crippen LogP) is 4.49. The number of halogens is 4. The number of alkyl halides is 1. The van der Waals surface area contributed by atoms with Gasteiger partial charge in [0.1, 0.15) is 23.1 Å². The van der Waals surface area contributed by atoms with Gasteiger partial charge >= 0.3 is 0 Å². The molecule has 0 unspecified atom stereocenters. The van der Waals surface area contributed by atoms with Gasteiger partial charge in [-0.2, -0.15) is 5.10 Å². The van der Waals surface area contributed by atoms with Gasteiger partial charge in [-0.3, -0.25) is 4.79 Å². The summed E-state index contributed by atoms with van der Waals surface area (Å²) < 4.78 is 45.1. The van der Waals surface area contributed by atoms with Crippen LogP contribution in [-0.4, -0.2) is 39.0 Å². The van der Waals surface area contributed by atoms with E-state index in [0.29, 0.717) is 37.9 Å². The second-order valence-electron chi connectivity index (χ2n) is 9.98. The molecule has 3 saturated carbocycles. The highest BCUT2D eigenvalue weighted by Gasteiger charge is 2.59. The predicted molar refractivity (Wildman–Crippen MR) is 120 cm³/mol. The number of aliphatic hydroxyl groups is 1. The van der Waals surface area contributed by atoms with Crippen molar-refractivity contribution >= 4 is 23.3 Å². The first-order chi connectivity index (χ1) is 16.2. The van der Waals surface area contributed by atoms with Crippen molar-refractivity contribution in [2.24, 2.45) is 11.3 Å². The molecule has 1 aromatic carbocycles. The molecule has 1 amide bonds. The summed E-state index contributed by atoms with van der Waals surface area (Å²) in [5, 5.41) is 23.9. The van der Waals surface area contributed by atoms with Crippen molar-refractivity contribution in [3.05, 3.63) is 52.7 Å². The third-order valence-corrected chi connectivity index (χ3v) is 8.18. The fourth-order valence-electron chi connectivity index (χ4n) is 6.12. The molecule has 1 heterocycles. The van der Waals surface area contributed by atoms with Crippen molar-refractivity contribution in [2.75, 3.05) is 5.32 Å². The van der Waals surface area contributed by atoms with Crippen LogP contribution < -0.4 is 10.6 Å². The molecule has 3 N–H and O–H groups in total. The zero-order chi connectivity index (χ0) is 24.1. The van der Waals surface area contributed by atoms with Crippen molar-refractivity contribution < 1.29 is 23.1 Å². The van der Waals surface area contributed by atoms with Crippen molar-refractivity contribution in [1.29, 1.82) is 0 Å². The molecule has 5 rings (SSSR count). The number of aromatic nitrogens is 2. The molecule has 4 atom stereocenters. The number of fused-ring (bicyclic) bond motifs is 2. The molecule has 3 fully saturated rings. The average molecular weight is 495 g/mol. The van der Waals surface area contributed by atoms with E-state index in [1.54, 1.807) is 12.1 Å². The summed E-state index contributed by atoms with van der Waals surface area (Å²) in [6.45, 7) is 0. The lowest BCUT2D eigenvalue weighted by Crippen LogP contribution is -2.42. The minimum absolute atomic E-state index is 0.139. The van der Waals surface area contributed by atoms with Crippen LogP contribution in [0.1, 0.15) is 56.6 Å². The largest absolute Gasteiger partial charge is 0.391 e. The van der Waals surface area contributed by atoms with Gasteiger partial charge in [0.15, 0.2) is 0 Å². The van der Waals surface area contributed by atoms with Crippen molar-refractivity contribution in [1.82, 2.24) is 15.5 Å². The van der Waals surface area contributed by atoms with E-state index >= 15 is 8.78 Å². The maximum atomic E-state index is 15.1. The van der Waals surface area contributed by atoms with Crippen LogP contribution in [0.15, 0.2) is 30.5 Å². The van der Waals surface area contributed by atoms with Gasteiger partial charge in [-0.05, 0) is 74.6 Å². The fourth-order valence-corrected chi connectivity index (χ4v) is 6.29. The van der Waals surface area contributed by atoms with Crippen LogP contribution in [0.5, 0.6) is 0 Å². The number of nitrogens with one attached hydrogen (secondary N) is 2. The molecule has 2 bridgehead atoms. The summed E-state index contributed by atoms with van der Waals surface area (Å²) >= 11 is 5.96. The first kappa shape index (κ1) is 23.4. The Morgan fingerprint density at radius 2 is 1.94 bits per heavy atom. The van der Waals surface area contributed by atoms with Crippen LogP contribution in [-0.2, 0) is 4.79 Å². The molecule has 0 radical (unpaired) electrons. The van der Waals surface area contributed by atoms with Gasteiger partial charge in [-0.25, -0.2) is 13.2 Å². The van der Waals surface area contributed by atoms with Gasteiger partial charge < -0.3 is 15.7 Å². The van der Waals surface area contributed by atoms with Crippen LogP contribution in [0.25, 0.3) is 0 Å². The zero-order valence-corrected chi connectivity index (χ0v) is 19.2. The first-order valence-electron chi connectivity index (χ1n) is 11.5. The number of amides is 1. The molecule has 0 saturated heterocycles. The van der Waals surface area contributed by atoms with Gasteiger partial charge in [-0.1, -0.05) is 11.6 Å². The van der Waals surface area contributed by atoms with E-state index in [2.05, 4.69) is 20.8 Å². The molecule has 10 heteroatoms. The number of aliphatic hydroxyl groups excluding tert-OH is 1. The average Bonchev–Trinajstić information content (AvgIpc) is 3.47. The lowest BCUT2D eigenvalue weighted by Gasteiger charge is -2.37. The Labute approximate surface area is 200 Å². The number of anilines is 1. The molecule has 1 aromatic heterocycles. The van der Waals surface area contributed by atoms with Crippen LogP contribution >= 0.6 is 11.6 Å². The van der Waals surface area contributed by atoms with Crippen molar-refractivity contribution in [3.63, 3.8) is 0 Å². The molecule has 0 aliphatic heterocycles. The lowest BCUT2D eigenvalue weighted by molar-refractivity contribution is -0.127. The maximum Gasteiger partial charge on any atom is 0.223 e. The first-order valence-corrected chi connectivity index (χ1v) is 11.9. The Bertz CT molecular complexity index is 1080. The molecule has 0 spiro atoms. The number of carbonyl (C=O) groups excluding carboxylic acids is 1. The smallest absolute Gasteiger partial charge is 0.223 e. The van der Waals surface area contributed by atoms with E-state index in [0.717, 1.165) is 12.1 Å². The summed E-state index contributed by atoms with van der Waals surface area (Å²) in [5.74, 6) is -2.30. The van der Waals surface area contributed by atoms with Crippen LogP contribution in [0.3, 0.4) is 0 Å². The Kier molecular flexibility index (Phi) is 5.96. The molecular weight excluding hydrogens is 469 g/mol. The molecule has 34 heavy (non-hydrogen) atoms. The number of hydrogen-bond donors (Lipinski definition) is 3. The van der Waals surface area contributed by atoms with E-state index in [9.17, 15) is 14.3 Å². The minimum atomic E-state index is -1.37. The number of benzene rings is 1. The van der Waals surface area contributed by atoms with E-state index in [1.165, 1.54) is 6.20 Å².